The highest BCUT2D eigenvalue weighted by Gasteiger charge is 2.19. The van der Waals surface area contributed by atoms with Gasteiger partial charge in [-0.2, -0.15) is 16.8 Å². The summed E-state index contributed by atoms with van der Waals surface area (Å²) < 4.78 is 70.8. The predicted molar refractivity (Wildman–Crippen MR) is 128 cm³/mol. The summed E-state index contributed by atoms with van der Waals surface area (Å²) in [6.07, 6.45) is 11.9. The number of rotatable bonds is 15. The lowest BCUT2D eigenvalue weighted by atomic mass is 10.0. The van der Waals surface area contributed by atoms with Gasteiger partial charge in [0.05, 0.1) is 4.90 Å². The molecule has 2 N–H and O–H groups in total. The molecule has 2 aromatic rings. The Labute approximate surface area is 197 Å². The van der Waals surface area contributed by atoms with E-state index in [2.05, 4.69) is 6.92 Å². The Morgan fingerprint density at radius 2 is 1.24 bits per heavy atom. The van der Waals surface area contributed by atoms with Crippen LogP contribution in [0.1, 0.15) is 76.7 Å². The van der Waals surface area contributed by atoms with E-state index in [4.69, 9.17) is 9.29 Å². The Morgan fingerprint density at radius 3 is 1.76 bits per heavy atom. The fourth-order valence-corrected chi connectivity index (χ4v) is 4.97. The van der Waals surface area contributed by atoms with Gasteiger partial charge >= 0.3 is 0 Å². The third-order valence-electron chi connectivity index (χ3n) is 5.50. The van der Waals surface area contributed by atoms with Gasteiger partial charge < -0.3 is 4.74 Å². The molecule has 0 saturated heterocycles. The minimum atomic E-state index is -4.43. The third-order valence-corrected chi connectivity index (χ3v) is 7.30. The number of unbranched alkanes of at least 4 members (excludes halogenated alkanes) is 9. The van der Waals surface area contributed by atoms with Crippen LogP contribution in [0.15, 0.2) is 52.3 Å². The molecule has 0 amide bonds. The highest BCUT2D eigenvalue weighted by Crippen LogP contribution is 2.32. The second-order valence-corrected chi connectivity index (χ2v) is 11.0. The van der Waals surface area contributed by atoms with Gasteiger partial charge in [0.1, 0.15) is 16.4 Å². The molecule has 0 unspecified atom stereocenters. The molecule has 9 heteroatoms. The molecule has 2 aromatic carbocycles. The minimum absolute atomic E-state index is 0.189. The first-order valence-electron chi connectivity index (χ1n) is 11.5. The largest absolute Gasteiger partial charge is 0.457 e. The number of benzene rings is 2. The number of ether oxygens (including phenoxy) is 1. The van der Waals surface area contributed by atoms with Crippen LogP contribution >= 0.6 is 0 Å². The molecule has 2 rings (SSSR count). The van der Waals surface area contributed by atoms with Crippen LogP contribution < -0.4 is 4.74 Å². The van der Waals surface area contributed by atoms with Crippen LogP contribution in [0.25, 0.3) is 0 Å². The number of hydrogen-bond acceptors (Lipinski definition) is 5. The molecular formula is C24H34O7S2. The molecule has 0 radical (unpaired) electrons. The molecule has 0 aromatic heterocycles. The fourth-order valence-electron chi connectivity index (χ4n) is 3.73. The zero-order valence-electron chi connectivity index (χ0n) is 19.1. The maximum absolute atomic E-state index is 11.9. The summed E-state index contributed by atoms with van der Waals surface area (Å²) in [7, 11) is -8.75. The molecular weight excluding hydrogens is 464 g/mol. The molecule has 184 valence electrons. The van der Waals surface area contributed by atoms with Gasteiger partial charge in [0.2, 0.25) is 0 Å². The van der Waals surface area contributed by atoms with Crippen molar-refractivity contribution < 1.29 is 30.7 Å². The fraction of sp³-hybridized carbons (Fsp3) is 0.500. The average Bonchev–Trinajstić information content (AvgIpc) is 2.75. The van der Waals surface area contributed by atoms with Gasteiger partial charge in [-0.15, -0.1) is 0 Å². The van der Waals surface area contributed by atoms with E-state index in [0.29, 0.717) is 12.0 Å². The lowest BCUT2D eigenvalue weighted by molar-refractivity contribution is 0.461. The monoisotopic (exact) mass is 498 g/mol. The summed E-state index contributed by atoms with van der Waals surface area (Å²) in [4.78, 5) is -0.461. The van der Waals surface area contributed by atoms with Gasteiger partial charge in [-0.05, 0) is 49.2 Å². The van der Waals surface area contributed by atoms with Crippen LogP contribution in [0.5, 0.6) is 11.5 Å². The first-order chi connectivity index (χ1) is 15.6. The Morgan fingerprint density at radius 1 is 0.697 bits per heavy atom. The van der Waals surface area contributed by atoms with Gasteiger partial charge in [0.25, 0.3) is 20.2 Å². The van der Waals surface area contributed by atoms with Crippen LogP contribution in [0, 0.1) is 0 Å². The lowest BCUT2D eigenvalue weighted by Crippen LogP contribution is -2.05. The van der Waals surface area contributed by atoms with Crippen molar-refractivity contribution in [1.29, 1.82) is 0 Å². The zero-order chi connectivity index (χ0) is 24.3. The van der Waals surface area contributed by atoms with E-state index >= 15 is 0 Å². The van der Waals surface area contributed by atoms with Crippen molar-refractivity contribution in [2.75, 3.05) is 0 Å². The van der Waals surface area contributed by atoms with Crippen LogP contribution in [0.4, 0.5) is 0 Å². The second kappa shape index (κ2) is 13.1. The second-order valence-electron chi connectivity index (χ2n) is 8.19. The van der Waals surface area contributed by atoms with E-state index in [1.807, 2.05) is 0 Å². The van der Waals surface area contributed by atoms with Crippen LogP contribution in [0.3, 0.4) is 0 Å². The van der Waals surface area contributed by atoms with E-state index in [1.165, 1.54) is 74.9 Å². The Balaban J connectivity index is 2.01. The lowest BCUT2D eigenvalue weighted by Gasteiger charge is -2.14. The molecule has 0 fully saturated rings. The van der Waals surface area contributed by atoms with Crippen molar-refractivity contribution in [2.24, 2.45) is 0 Å². The van der Waals surface area contributed by atoms with E-state index in [9.17, 15) is 21.4 Å². The van der Waals surface area contributed by atoms with Crippen molar-refractivity contribution in [3.05, 3.63) is 48.0 Å². The summed E-state index contributed by atoms with van der Waals surface area (Å²) in [5.74, 6) is 0.555. The van der Waals surface area contributed by atoms with Gasteiger partial charge in [-0.1, -0.05) is 70.8 Å². The van der Waals surface area contributed by atoms with Crippen LogP contribution in [-0.4, -0.2) is 25.9 Å². The van der Waals surface area contributed by atoms with Gasteiger partial charge in [0, 0.05) is 5.56 Å². The van der Waals surface area contributed by atoms with Crippen molar-refractivity contribution >= 4 is 20.2 Å². The highest BCUT2D eigenvalue weighted by atomic mass is 32.2. The molecule has 0 aliphatic rings. The molecule has 0 aliphatic carbocycles. The first-order valence-corrected chi connectivity index (χ1v) is 14.4. The third kappa shape index (κ3) is 9.44. The maximum atomic E-state index is 11.9. The summed E-state index contributed by atoms with van der Waals surface area (Å²) >= 11 is 0. The van der Waals surface area contributed by atoms with E-state index in [1.54, 1.807) is 6.07 Å². The standard InChI is InChI=1S/C24H34O7S2/c1-2-3-4-5-6-7-8-9-10-11-13-22-23(14-12-15-24(22)33(28,29)30)31-20-16-18-21(19-17-20)32(25,26)27/h12,14-19H,2-11,13H2,1H3,(H,25,26,27)(H,28,29,30). The minimum Gasteiger partial charge on any atom is -0.457 e. The summed E-state index contributed by atoms with van der Waals surface area (Å²) in [6, 6.07) is 9.55. The molecule has 0 heterocycles. The molecule has 0 aliphatic heterocycles. The Kier molecular flexibility index (Phi) is 10.8. The molecule has 0 spiro atoms. The predicted octanol–water partition coefficient (Wildman–Crippen LogP) is 6.44. The molecule has 0 atom stereocenters. The SMILES string of the molecule is CCCCCCCCCCCCc1c(Oc2ccc(S(=O)(=O)O)cc2)cccc1S(=O)(=O)O. The molecule has 0 bridgehead atoms. The van der Waals surface area contributed by atoms with Gasteiger partial charge in [0.15, 0.2) is 0 Å². The highest BCUT2D eigenvalue weighted by molar-refractivity contribution is 7.86. The first kappa shape index (κ1) is 27.3. The van der Waals surface area contributed by atoms with E-state index in [-0.39, 0.29) is 21.3 Å². The average molecular weight is 499 g/mol. The molecule has 0 saturated carbocycles. The summed E-state index contributed by atoms with van der Waals surface area (Å²) in [6.45, 7) is 2.20. The van der Waals surface area contributed by atoms with Crippen LogP contribution in [0.2, 0.25) is 0 Å². The maximum Gasteiger partial charge on any atom is 0.294 e. The molecule has 7 nitrogen and oxygen atoms in total. The zero-order valence-corrected chi connectivity index (χ0v) is 20.7. The van der Waals surface area contributed by atoms with Gasteiger partial charge in [-0.3, -0.25) is 9.11 Å². The molecule has 33 heavy (non-hydrogen) atoms. The van der Waals surface area contributed by atoms with E-state index < -0.39 is 20.2 Å². The van der Waals surface area contributed by atoms with Crippen LogP contribution in [-0.2, 0) is 26.7 Å². The topological polar surface area (TPSA) is 118 Å². The van der Waals surface area contributed by atoms with Crippen molar-refractivity contribution in [2.45, 2.75) is 87.3 Å². The Hall–Kier alpha value is -1.94. The number of hydrogen-bond donors (Lipinski definition) is 2. The van der Waals surface area contributed by atoms with Crippen molar-refractivity contribution in [3.63, 3.8) is 0 Å². The Bertz CT molecular complexity index is 1080. The summed E-state index contributed by atoms with van der Waals surface area (Å²) in [5.41, 5.74) is 0.387. The van der Waals surface area contributed by atoms with Crippen molar-refractivity contribution in [1.82, 2.24) is 0 Å². The normalized spacial score (nSPS) is 12.1. The smallest absolute Gasteiger partial charge is 0.294 e. The van der Waals surface area contributed by atoms with E-state index in [0.717, 1.165) is 25.7 Å². The van der Waals surface area contributed by atoms with Gasteiger partial charge in [-0.25, -0.2) is 0 Å². The quantitative estimate of drug-likeness (QED) is 0.214. The van der Waals surface area contributed by atoms with Crippen molar-refractivity contribution in [3.8, 4) is 11.5 Å². The summed E-state index contributed by atoms with van der Waals surface area (Å²) in [5, 5.41) is 0.